The van der Waals surface area contributed by atoms with Gasteiger partial charge in [0.2, 0.25) is 0 Å². The average Bonchev–Trinajstić information content (AvgIpc) is 2.84. The van der Waals surface area contributed by atoms with Gasteiger partial charge in [-0.3, -0.25) is 14.6 Å². The summed E-state index contributed by atoms with van der Waals surface area (Å²) in [4.78, 5) is 26.2. The van der Waals surface area contributed by atoms with Gasteiger partial charge in [0.15, 0.2) is 0 Å². The molecule has 6 heteroatoms. The molecule has 2 heterocycles. The lowest BCUT2D eigenvalue weighted by Gasteiger charge is -2.10. The standard InChI is InChI=1S/C12H14N2O4/c15-11(16)6-8-3-4-9(7-13-8)14-12(17)10-2-1-5-18-10/h3-4,7,10H,1-2,5-6H2,(H,14,17)(H,15,16). The predicted octanol–water partition coefficient (Wildman–Crippen LogP) is 0.826. The topological polar surface area (TPSA) is 88.5 Å². The zero-order valence-corrected chi connectivity index (χ0v) is 9.76. The Labute approximate surface area is 104 Å². The Morgan fingerprint density at radius 2 is 2.33 bits per heavy atom. The minimum Gasteiger partial charge on any atom is -0.481 e. The van der Waals surface area contributed by atoms with Gasteiger partial charge in [-0.25, -0.2) is 0 Å². The highest BCUT2D eigenvalue weighted by molar-refractivity contribution is 5.94. The van der Waals surface area contributed by atoms with Crippen LogP contribution in [0.1, 0.15) is 18.5 Å². The maximum Gasteiger partial charge on any atom is 0.309 e. The van der Waals surface area contributed by atoms with E-state index in [-0.39, 0.29) is 18.4 Å². The number of pyridine rings is 1. The number of carboxylic acid groups (broad SMARTS) is 1. The summed E-state index contributed by atoms with van der Waals surface area (Å²) in [5.74, 6) is -1.11. The number of hydrogen-bond donors (Lipinski definition) is 2. The van der Waals surface area contributed by atoms with Crippen LogP contribution >= 0.6 is 0 Å². The van der Waals surface area contributed by atoms with E-state index in [1.54, 1.807) is 12.1 Å². The molecule has 1 unspecified atom stereocenters. The summed E-state index contributed by atoms with van der Waals surface area (Å²) in [6.45, 7) is 0.619. The van der Waals surface area contributed by atoms with E-state index in [1.807, 2.05) is 0 Å². The third-order valence-corrected chi connectivity index (χ3v) is 2.65. The van der Waals surface area contributed by atoms with Crippen LogP contribution in [0.15, 0.2) is 18.3 Å². The number of aromatic nitrogens is 1. The molecule has 0 spiro atoms. The Morgan fingerprint density at radius 3 is 2.89 bits per heavy atom. The fraction of sp³-hybridized carbons (Fsp3) is 0.417. The summed E-state index contributed by atoms with van der Waals surface area (Å²) in [5, 5.41) is 11.3. The van der Waals surface area contributed by atoms with Crippen LogP contribution in [0.5, 0.6) is 0 Å². The van der Waals surface area contributed by atoms with Crippen molar-refractivity contribution in [2.75, 3.05) is 11.9 Å². The molecule has 1 fully saturated rings. The zero-order valence-electron chi connectivity index (χ0n) is 9.76. The third kappa shape index (κ3) is 3.27. The van der Waals surface area contributed by atoms with Gasteiger partial charge in [0.1, 0.15) is 6.10 Å². The van der Waals surface area contributed by atoms with Crippen molar-refractivity contribution in [2.24, 2.45) is 0 Å². The lowest BCUT2D eigenvalue weighted by Crippen LogP contribution is -2.26. The van der Waals surface area contributed by atoms with Crippen molar-refractivity contribution in [3.63, 3.8) is 0 Å². The van der Waals surface area contributed by atoms with E-state index in [4.69, 9.17) is 9.84 Å². The predicted molar refractivity (Wildman–Crippen MR) is 63.2 cm³/mol. The van der Waals surface area contributed by atoms with Crippen LogP contribution in [-0.2, 0) is 20.7 Å². The smallest absolute Gasteiger partial charge is 0.309 e. The fourth-order valence-electron chi connectivity index (χ4n) is 1.77. The molecule has 0 saturated carbocycles. The van der Waals surface area contributed by atoms with Crippen molar-refractivity contribution in [2.45, 2.75) is 25.4 Å². The molecule has 0 aromatic carbocycles. The first-order chi connectivity index (χ1) is 8.65. The maximum absolute atomic E-state index is 11.7. The van der Waals surface area contributed by atoms with E-state index >= 15 is 0 Å². The highest BCUT2D eigenvalue weighted by Crippen LogP contribution is 2.15. The minimum atomic E-state index is -0.932. The first-order valence-electron chi connectivity index (χ1n) is 5.74. The normalized spacial score (nSPS) is 18.6. The molecule has 18 heavy (non-hydrogen) atoms. The van der Waals surface area contributed by atoms with Gasteiger partial charge in [0.05, 0.1) is 24.0 Å². The van der Waals surface area contributed by atoms with E-state index in [2.05, 4.69) is 10.3 Å². The van der Waals surface area contributed by atoms with E-state index in [9.17, 15) is 9.59 Å². The molecule has 1 atom stereocenters. The molecule has 1 amide bonds. The number of nitrogens with zero attached hydrogens (tertiary/aromatic N) is 1. The monoisotopic (exact) mass is 250 g/mol. The molecule has 96 valence electrons. The molecule has 0 aliphatic carbocycles. The van der Waals surface area contributed by atoms with Crippen LogP contribution in [0.4, 0.5) is 5.69 Å². The second-order valence-corrected chi connectivity index (χ2v) is 4.10. The van der Waals surface area contributed by atoms with E-state index in [0.717, 1.165) is 12.8 Å². The summed E-state index contributed by atoms with van der Waals surface area (Å²) < 4.78 is 5.25. The summed E-state index contributed by atoms with van der Waals surface area (Å²) in [7, 11) is 0. The van der Waals surface area contributed by atoms with E-state index in [1.165, 1.54) is 6.20 Å². The number of aliphatic carboxylic acids is 1. The number of ether oxygens (including phenoxy) is 1. The Kier molecular flexibility index (Phi) is 3.88. The number of carbonyl (C=O) groups is 2. The Bertz CT molecular complexity index is 438. The number of nitrogens with one attached hydrogen (secondary N) is 1. The number of amides is 1. The van der Waals surface area contributed by atoms with E-state index in [0.29, 0.717) is 18.0 Å². The summed E-state index contributed by atoms with van der Waals surface area (Å²) in [6.07, 6.45) is 2.57. The van der Waals surface area contributed by atoms with Gasteiger partial charge >= 0.3 is 5.97 Å². The van der Waals surface area contributed by atoms with Crippen LogP contribution in [0, 0.1) is 0 Å². The number of carboxylic acids is 1. The van der Waals surface area contributed by atoms with Gasteiger partial charge in [0, 0.05) is 6.61 Å². The lowest BCUT2D eigenvalue weighted by atomic mass is 10.2. The quantitative estimate of drug-likeness (QED) is 0.826. The van der Waals surface area contributed by atoms with Crippen molar-refractivity contribution >= 4 is 17.6 Å². The molecule has 2 rings (SSSR count). The Morgan fingerprint density at radius 1 is 1.50 bits per heavy atom. The number of hydrogen-bond acceptors (Lipinski definition) is 4. The van der Waals surface area contributed by atoms with Gasteiger partial charge in [0.25, 0.3) is 5.91 Å². The molecular weight excluding hydrogens is 236 g/mol. The van der Waals surface area contributed by atoms with Gasteiger partial charge in [-0.2, -0.15) is 0 Å². The van der Waals surface area contributed by atoms with Gasteiger partial charge < -0.3 is 15.2 Å². The fourth-order valence-corrected chi connectivity index (χ4v) is 1.77. The average molecular weight is 250 g/mol. The Hall–Kier alpha value is -1.95. The van der Waals surface area contributed by atoms with Gasteiger partial charge in [-0.05, 0) is 25.0 Å². The van der Waals surface area contributed by atoms with Crippen molar-refractivity contribution in [1.82, 2.24) is 4.98 Å². The molecule has 1 saturated heterocycles. The van der Waals surface area contributed by atoms with Crippen LogP contribution in [-0.4, -0.2) is 34.7 Å². The van der Waals surface area contributed by atoms with Crippen LogP contribution < -0.4 is 5.32 Å². The molecule has 2 N–H and O–H groups in total. The van der Waals surface area contributed by atoms with Gasteiger partial charge in [-0.15, -0.1) is 0 Å². The maximum atomic E-state index is 11.7. The SMILES string of the molecule is O=C(O)Cc1ccc(NC(=O)C2CCCO2)cn1. The van der Waals surface area contributed by atoms with Crippen molar-refractivity contribution in [3.05, 3.63) is 24.0 Å². The number of rotatable bonds is 4. The molecule has 1 aliphatic heterocycles. The number of anilines is 1. The molecule has 6 nitrogen and oxygen atoms in total. The largest absolute Gasteiger partial charge is 0.481 e. The highest BCUT2D eigenvalue weighted by Gasteiger charge is 2.23. The summed E-state index contributed by atoms with van der Waals surface area (Å²) in [5.41, 5.74) is 1.00. The molecule has 1 aromatic rings. The number of carbonyl (C=O) groups excluding carboxylic acids is 1. The Balaban J connectivity index is 1.93. The summed E-state index contributed by atoms with van der Waals surface area (Å²) in [6, 6.07) is 3.22. The summed E-state index contributed by atoms with van der Waals surface area (Å²) >= 11 is 0. The molecule has 1 aliphatic rings. The molecule has 0 bridgehead atoms. The van der Waals surface area contributed by atoms with Gasteiger partial charge in [-0.1, -0.05) is 0 Å². The highest BCUT2D eigenvalue weighted by atomic mass is 16.5. The van der Waals surface area contributed by atoms with E-state index < -0.39 is 5.97 Å². The second kappa shape index (κ2) is 5.59. The molecule has 1 aromatic heterocycles. The van der Waals surface area contributed by atoms with Crippen LogP contribution in [0.3, 0.4) is 0 Å². The van der Waals surface area contributed by atoms with Crippen LogP contribution in [0.25, 0.3) is 0 Å². The zero-order chi connectivity index (χ0) is 13.0. The van der Waals surface area contributed by atoms with Crippen molar-refractivity contribution in [1.29, 1.82) is 0 Å². The van der Waals surface area contributed by atoms with Crippen LogP contribution in [0.2, 0.25) is 0 Å². The first-order valence-corrected chi connectivity index (χ1v) is 5.74. The molecule has 0 radical (unpaired) electrons. The second-order valence-electron chi connectivity index (χ2n) is 4.10. The lowest BCUT2D eigenvalue weighted by molar-refractivity contribution is -0.136. The molecular formula is C12H14N2O4. The van der Waals surface area contributed by atoms with Crippen molar-refractivity contribution in [3.8, 4) is 0 Å². The van der Waals surface area contributed by atoms with Crippen molar-refractivity contribution < 1.29 is 19.4 Å². The first kappa shape index (κ1) is 12.5. The minimum absolute atomic E-state index is 0.125. The third-order valence-electron chi connectivity index (χ3n) is 2.65.